The van der Waals surface area contributed by atoms with E-state index in [4.69, 9.17) is 0 Å². The zero-order chi connectivity index (χ0) is 26.8. The van der Waals surface area contributed by atoms with Crippen molar-refractivity contribution < 1.29 is 23.1 Å². The van der Waals surface area contributed by atoms with E-state index in [-0.39, 0.29) is 23.9 Å². The van der Waals surface area contributed by atoms with Crippen LogP contribution < -0.4 is 0 Å². The number of likely N-dealkylation sites (tertiary alicyclic amines) is 1. The van der Waals surface area contributed by atoms with Crippen LogP contribution in [0, 0.1) is 18.6 Å². The molecule has 196 valence electrons. The molecule has 1 N–H and O–H groups in total. The van der Waals surface area contributed by atoms with Gasteiger partial charge in [0.05, 0.1) is 12.2 Å². The van der Waals surface area contributed by atoms with Crippen LogP contribution in [0.25, 0.3) is 17.2 Å². The topological polar surface area (TPSA) is 40.5 Å². The molecule has 2 aliphatic rings. The Morgan fingerprint density at radius 1 is 0.974 bits per heavy atom. The van der Waals surface area contributed by atoms with Gasteiger partial charge in [0.1, 0.15) is 11.6 Å². The molecule has 3 aromatic carbocycles. The summed E-state index contributed by atoms with van der Waals surface area (Å²) in [6.45, 7) is 3.62. The number of rotatable bonds is 7. The number of benzene rings is 3. The molecule has 5 rings (SSSR count). The van der Waals surface area contributed by atoms with Gasteiger partial charge < -0.3 is 5.11 Å². The molecule has 0 atom stereocenters. The minimum atomic E-state index is -1.00. The van der Waals surface area contributed by atoms with Gasteiger partial charge in [-0.05, 0) is 95.8 Å². The first-order chi connectivity index (χ1) is 18.3. The Balaban J connectivity index is 1.59. The number of alkyl halides is 1. The van der Waals surface area contributed by atoms with Gasteiger partial charge in [-0.2, -0.15) is 0 Å². The molecule has 0 spiro atoms. The lowest BCUT2D eigenvalue weighted by atomic mass is 9.86. The quantitative estimate of drug-likeness (QED) is 0.357. The summed E-state index contributed by atoms with van der Waals surface area (Å²) in [5, 5.41) is 9.52. The molecule has 3 nitrogen and oxygen atoms in total. The molecule has 1 fully saturated rings. The lowest BCUT2D eigenvalue weighted by molar-refractivity contribution is 0.0696. The lowest BCUT2D eigenvalue weighted by Gasteiger charge is -2.33. The zero-order valence-electron chi connectivity index (χ0n) is 21.4. The van der Waals surface area contributed by atoms with Gasteiger partial charge in [-0.3, -0.25) is 9.29 Å². The summed E-state index contributed by atoms with van der Waals surface area (Å²) in [6, 6.07) is 15.2. The largest absolute Gasteiger partial charge is 0.478 e. The number of hydrogen-bond donors (Lipinski definition) is 1. The van der Waals surface area contributed by atoms with Crippen molar-refractivity contribution >= 4 is 23.2 Å². The first-order valence-electron chi connectivity index (χ1n) is 13.0. The molecule has 1 aliphatic heterocycles. The van der Waals surface area contributed by atoms with Crippen molar-refractivity contribution in [2.45, 2.75) is 32.6 Å². The second-order valence-corrected chi connectivity index (χ2v) is 10.2. The average molecular weight is 518 g/mol. The van der Waals surface area contributed by atoms with Crippen LogP contribution >= 0.6 is 0 Å². The van der Waals surface area contributed by atoms with E-state index < -0.39 is 5.97 Å². The number of allylic oxidation sites excluding steroid dienone is 1. The Morgan fingerprint density at radius 2 is 1.76 bits per heavy atom. The number of aryl methyl sites for hydroxylation is 2. The van der Waals surface area contributed by atoms with Gasteiger partial charge in [0.15, 0.2) is 0 Å². The predicted molar refractivity (Wildman–Crippen MR) is 145 cm³/mol. The van der Waals surface area contributed by atoms with Crippen LogP contribution in [0.2, 0.25) is 0 Å². The van der Waals surface area contributed by atoms with Crippen molar-refractivity contribution in [2.24, 2.45) is 0 Å². The molecule has 6 heteroatoms. The first kappa shape index (κ1) is 26.0. The van der Waals surface area contributed by atoms with Crippen LogP contribution in [0.3, 0.4) is 0 Å². The van der Waals surface area contributed by atoms with Crippen LogP contribution in [-0.2, 0) is 6.42 Å². The number of halogens is 3. The van der Waals surface area contributed by atoms with Crippen molar-refractivity contribution in [1.82, 2.24) is 4.90 Å². The Kier molecular flexibility index (Phi) is 7.52. The maximum absolute atomic E-state index is 15.5. The normalized spacial score (nSPS) is 15.6. The molecule has 1 saturated heterocycles. The van der Waals surface area contributed by atoms with Crippen LogP contribution in [0.15, 0.2) is 60.2 Å². The smallest absolute Gasteiger partial charge is 0.335 e. The number of carbonyl (C=O) groups is 1. The highest BCUT2D eigenvalue weighted by atomic mass is 19.1. The second kappa shape index (κ2) is 11.0. The van der Waals surface area contributed by atoms with E-state index in [0.717, 1.165) is 33.4 Å². The van der Waals surface area contributed by atoms with E-state index in [1.165, 1.54) is 12.1 Å². The van der Waals surface area contributed by atoms with Crippen molar-refractivity contribution in [3.05, 3.63) is 111 Å². The van der Waals surface area contributed by atoms with Gasteiger partial charge in [-0.15, -0.1) is 0 Å². The summed E-state index contributed by atoms with van der Waals surface area (Å²) in [7, 11) is 0. The number of aromatic carboxylic acids is 1. The van der Waals surface area contributed by atoms with Crippen molar-refractivity contribution in [3.63, 3.8) is 0 Å². The lowest BCUT2D eigenvalue weighted by Crippen LogP contribution is -2.40. The summed E-state index contributed by atoms with van der Waals surface area (Å²) in [4.78, 5) is 13.7. The summed E-state index contributed by atoms with van der Waals surface area (Å²) in [5.41, 5.74) is 6.88. The number of fused-ring (bicyclic) bond motifs is 1. The molecule has 38 heavy (non-hydrogen) atoms. The average Bonchev–Trinajstić information content (AvgIpc) is 3.05. The molecule has 0 saturated carbocycles. The molecule has 0 radical (unpaired) electrons. The summed E-state index contributed by atoms with van der Waals surface area (Å²) in [5.74, 6) is -1.70. The Labute approximate surface area is 220 Å². The Morgan fingerprint density at radius 3 is 2.47 bits per heavy atom. The predicted octanol–water partition coefficient (Wildman–Crippen LogP) is 7.33. The summed E-state index contributed by atoms with van der Waals surface area (Å²) in [6.07, 6.45) is 4.29. The SMILES string of the molecule is Cc1ccc(C2=C(c3ccc(C=C4CN(CCCF)C4)c(F)c3)c3ccc(C(=O)O)cc3CCC2)c(F)c1. The molecule has 1 aliphatic carbocycles. The Bertz CT molecular complexity index is 1450. The molecule has 3 aromatic rings. The second-order valence-electron chi connectivity index (χ2n) is 10.2. The maximum atomic E-state index is 15.5. The Hall–Kier alpha value is -3.64. The molecule has 0 unspecified atom stereocenters. The highest BCUT2D eigenvalue weighted by Gasteiger charge is 2.24. The van der Waals surface area contributed by atoms with Crippen LogP contribution in [0.4, 0.5) is 13.2 Å². The van der Waals surface area contributed by atoms with Gasteiger partial charge in [0.25, 0.3) is 0 Å². The van der Waals surface area contributed by atoms with E-state index in [1.54, 1.807) is 30.3 Å². The third kappa shape index (κ3) is 5.32. The molecule has 0 bridgehead atoms. The monoisotopic (exact) mass is 517 g/mol. The van der Waals surface area contributed by atoms with E-state index in [9.17, 15) is 14.3 Å². The fraction of sp³-hybridized carbons (Fsp3) is 0.281. The van der Waals surface area contributed by atoms with Crippen LogP contribution in [0.1, 0.15) is 63.0 Å². The number of carboxylic acid groups (broad SMARTS) is 1. The van der Waals surface area contributed by atoms with Crippen molar-refractivity contribution in [3.8, 4) is 0 Å². The summed E-state index contributed by atoms with van der Waals surface area (Å²) < 4.78 is 43.1. The zero-order valence-corrected chi connectivity index (χ0v) is 21.4. The van der Waals surface area contributed by atoms with Crippen LogP contribution in [-0.4, -0.2) is 42.3 Å². The number of carboxylic acids is 1. The summed E-state index contributed by atoms with van der Waals surface area (Å²) >= 11 is 0. The van der Waals surface area contributed by atoms with E-state index in [2.05, 4.69) is 4.90 Å². The highest BCUT2D eigenvalue weighted by molar-refractivity contribution is 6.01. The fourth-order valence-electron chi connectivity index (χ4n) is 5.47. The number of nitrogens with zero attached hydrogens (tertiary/aromatic N) is 1. The number of hydrogen-bond acceptors (Lipinski definition) is 2. The molecular formula is C32H30F3NO2. The van der Waals surface area contributed by atoms with E-state index >= 15 is 8.78 Å². The van der Waals surface area contributed by atoms with E-state index in [0.29, 0.717) is 62.0 Å². The minimum absolute atomic E-state index is 0.197. The first-order valence-corrected chi connectivity index (χ1v) is 13.0. The van der Waals surface area contributed by atoms with Crippen molar-refractivity contribution in [1.29, 1.82) is 0 Å². The molecule has 1 heterocycles. The van der Waals surface area contributed by atoms with Gasteiger partial charge in [0, 0.05) is 30.8 Å². The molecule has 0 aromatic heterocycles. The minimum Gasteiger partial charge on any atom is -0.478 e. The fourth-order valence-corrected chi connectivity index (χ4v) is 5.47. The van der Waals surface area contributed by atoms with E-state index in [1.807, 2.05) is 25.1 Å². The van der Waals surface area contributed by atoms with Gasteiger partial charge in [-0.25, -0.2) is 13.6 Å². The molecular weight excluding hydrogens is 487 g/mol. The highest BCUT2D eigenvalue weighted by Crippen LogP contribution is 2.41. The molecule has 0 amide bonds. The van der Waals surface area contributed by atoms with Gasteiger partial charge >= 0.3 is 5.97 Å². The van der Waals surface area contributed by atoms with Gasteiger partial charge in [-0.1, -0.05) is 36.4 Å². The third-order valence-corrected chi connectivity index (χ3v) is 7.36. The maximum Gasteiger partial charge on any atom is 0.335 e. The van der Waals surface area contributed by atoms with Crippen LogP contribution in [0.5, 0.6) is 0 Å². The van der Waals surface area contributed by atoms with Crippen molar-refractivity contribution in [2.75, 3.05) is 26.3 Å². The standard InChI is InChI=1S/C32H30F3NO2/c1-20-6-10-27(30(35)14-20)28-5-2-4-22-16-25(32(37)38)9-11-26(22)31(28)24-8-7-23(29(34)17-24)15-21-18-36(19-21)13-3-12-33/h6-11,14-17H,2-5,12-13,18-19H2,1H3,(H,37,38). The van der Waals surface area contributed by atoms with Gasteiger partial charge in [0.2, 0.25) is 0 Å². The third-order valence-electron chi connectivity index (χ3n) is 7.36.